The summed E-state index contributed by atoms with van der Waals surface area (Å²) in [5.41, 5.74) is 2.06. The van der Waals surface area contributed by atoms with E-state index in [2.05, 4.69) is 12.1 Å². The van der Waals surface area contributed by atoms with Crippen LogP contribution in [0.5, 0.6) is 5.75 Å². The van der Waals surface area contributed by atoms with Crippen molar-refractivity contribution in [1.29, 1.82) is 5.26 Å². The monoisotopic (exact) mass is 187 g/mol. The molecule has 0 amide bonds. The van der Waals surface area contributed by atoms with Crippen LogP contribution in [0.3, 0.4) is 0 Å². The normalized spacial score (nSPS) is 17.2. The predicted molar refractivity (Wildman–Crippen MR) is 54.3 cm³/mol. The third-order valence-electron chi connectivity index (χ3n) is 2.91. The topological polar surface area (TPSA) is 33.0 Å². The quantitative estimate of drug-likeness (QED) is 0.712. The number of benzene rings is 1. The van der Waals surface area contributed by atoms with Crippen molar-refractivity contribution in [3.63, 3.8) is 0 Å². The minimum Gasteiger partial charge on any atom is -0.496 e. The molecule has 0 radical (unpaired) electrons. The first-order valence-electron chi connectivity index (χ1n) is 4.78. The second-order valence-electron chi connectivity index (χ2n) is 3.88. The van der Waals surface area contributed by atoms with Crippen LogP contribution >= 0.6 is 0 Å². The molecule has 0 atom stereocenters. The number of hydrogen-bond acceptors (Lipinski definition) is 2. The second-order valence-corrected chi connectivity index (χ2v) is 3.88. The van der Waals surface area contributed by atoms with Crippen LogP contribution in [0.15, 0.2) is 18.2 Å². The lowest BCUT2D eigenvalue weighted by Crippen LogP contribution is -2.03. The van der Waals surface area contributed by atoms with Gasteiger partial charge >= 0.3 is 0 Å². The van der Waals surface area contributed by atoms with Gasteiger partial charge in [0.15, 0.2) is 0 Å². The summed E-state index contributed by atoms with van der Waals surface area (Å²) < 4.78 is 5.18. The predicted octanol–water partition coefficient (Wildman–Crippen LogP) is 2.56. The van der Waals surface area contributed by atoms with Gasteiger partial charge in [0.05, 0.1) is 18.6 Å². The largest absolute Gasteiger partial charge is 0.496 e. The molecule has 1 aliphatic carbocycles. The molecule has 0 saturated heterocycles. The van der Waals surface area contributed by atoms with Gasteiger partial charge < -0.3 is 4.74 Å². The molecule has 1 saturated carbocycles. The van der Waals surface area contributed by atoms with Crippen molar-refractivity contribution >= 4 is 0 Å². The fraction of sp³-hybridized carbons (Fsp3) is 0.417. The summed E-state index contributed by atoms with van der Waals surface area (Å²) in [7, 11) is 1.67. The summed E-state index contributed by atoms with van der Waals surface area (Å²) in [6.45, 7) is 2.01. The number of aryl methyl sites for hydroxylation is 1. The molecule has 1 fully saturated rings. The minimum absolute atomic E-state index is 0.184. The van der Waals surface area contributed by atoms with Crippen LogP contribution in [0.1, 0.15) is 24.0 Å². The number of hydrogen-bond donors (Lipinski definition) is 0. The van der Waals surface area contributed by atoms with E-state index >= 15 is 0 Å². The summed E-state index contributed by atoms with van der Waals surface area (Å²) in [5, 5.41) is 9.05. The van der Waals surface area contributed by atoms with Gasteiger partial charge in [0, 0.05) is 0 Å². The van der Waals surface area contributed by atoms with Crippen molar-refractivity contribution in [2.45, 2.75) is 25.2 Å². The minimum atomic E-state index is -0.184. The Morgan fingerprint density at radius 1 is 1.43 bits per heavy atom. The molecule has 2 nitrogen and oxygen atoms in total. The van der Waals surface area contributed by atoms with E-state index in [0.29, 0.717) is 0 Å². The van der Waals surface area contributed by atoms with Gasteiger partial charge in [-0.2, -0.15) is 5.26 Å². The highest BCUT2D eigenvalue weighted by atomic mass is 16.5. The van der Waals surface area contributed by atoms with Crippen LogP contribution in [0.25, 0.3) is 0 Å². The molecule has 72 valence electrons. The summed E-state index contributed by atoms with van der Waals surface area (Å²) in [5.74, 6) is 0.891. The number of nitrogens with zero attached hydrogens (tertiary/aromatic N) is 1. The van der Waals surface area contributed by atoms with E-state index < -0.39 is 0 Å². The van der Waals surface area contributed by atoms with E-state index in [-0.39, 0.29) is 5.41 Å². The second kappa shape index (κ2) is 3.02. The van der Waals surface area contributed by atoms with Crippen molar-refractivity contribution in [3.8, 4) is 11.8 Å². The van der Waals surface area contributed by atoms with Crippen LogP contribution in [0.4, 0.5) is 0 Å². The molecular weight excluding hydrogens is 174 g/mol. The summed E-state index contributed by atoms with van der Waals surface area (Å²) in [4.78, 5) is 0. The van der Waals surface area contributed by atoms with Gasteiger partial charge in [0.1, 0.15) is 5.75 Å². The fourth-order valence-corrected chi connectivity index (χ4v) is 1.77. The number of methoxy groups -OCH3 is 1. The Kier molecular flexibility index (Phi) is 1.96. The first kappa shape index (κ1) is 9.08. The maximum absolute atomic E-state index is 9.05. The first-order valence-corrected chi connectivity index (χ1v) is 4.78. The van der Waals surface area contributed by atoms with E-state index in [9.17, 15) is 0 Å². The van der Waals surface area contributed by atoms with Gasteiger partial charge in [-0.25, -0.2) is 0 Å². The molecule has 0 N–H and O–H groups in total. The molecule has 2 heteroatoms. The van der Waals surface area contributed by atoms with Gasteiger partial charge in [-0.05, 0) is 37.0 Å². The number of rotatable bonds is 2. The average molecular weight is 187 g/mol. The van der Waals surface area contributed by atoms with E-state index in [1.807, 2.05) is 19.1 Å². The zero-order valence-corrected chi connectivity index (χ0v) is 8.50. The zero-order chi connectivity index (χ0) is 10.2. The summed E-state index contributed by atoms with van der Waals surface area (Å²) >= 11 is 0. The molecule has 1 aliphatic rings. The molecule has 14 heavy (non-hydrogen) atoms. The van der Waals surface area contributed by atoms with E-state index in [0.717, 1.165) is 29.7 Å². The Morgan fingerprint density at radius 3 is 2.57 bits per heavy atom. The SMILES string of the molecule is COc1ccc(C2(C#N)CC2)cc1C. The van der Waals surface area contributed by atoms with Crippen LogP contribution in [-0.2, 0) is 5.41 Å². The van der Waals surface area contributed by atoms with Crippen molar-refractivity contribution in [3.05, 3.63) is 29.3 Å². The maximum atomic E-state index is 9.05. The highest BCUT2D eigenvalue weighted by molar-refractivity contribution is 5.45. The van der Waals surface area contributed by atoms with Crippen LogP contribution < -0.4 is 4.74 Å². The van der Waals surface area contributed by atoms with Gasteiger partial charge in [-0.1, -0.05) is 12.1 Å². The molecule has 0 unspecified atom stereocenters. The average Bonchev–Trinajstić information content (AvgIpc) is 2.98. The van der Waals surface area contributed by atoms with Gasteiger partial charge in [-0.15, -0.1) is 0 Å². The lowest BCUT2D eigenvalue weighted by Gasteiger charge is -2.10. The van der Waals surface area contributed by atoms with Crippen molar-refractivity contribution < 1.29 is 4.74 Å². The Balaban J connectivity index is 2.39. The van der Waals surface area contributed by atoms with E-state index in [1.165, 1.54) is 0 Å². The molecule has 1 aromatic rings. The van der Waals surface area contributed by atoms with Crippen molar-refractivity contribution in [2.75, 3.05) is 7.11 Å². The van der Waals surface area contributed by atoms with E-state index in [1.54, 1.807) is 7.11 Å². The smallest absolute Gasteiger partial charge is 0.121 e. The highest BCUT2D eigenvalue weighted by Gasteiger charge is 2.44. The highest BCUT2D eigenvalue weighted by Crippen LogP contribution is 2.48. The van der Waals surface area contributed by atoms with E-state index in [4.69, 9.17) is 10.00 Å². The van der Waals surface area contributed by atoms with Crippen LogP contribution in [0.2, 0.25) is 0 Å². The Labute approximate surface area is 84.1 Å². The molecule has 0 bridgehead atoms. The van der Waals surface area contributed by atoms with Gasteiger partial charge in [0.2, 0.25) is 0 Å². The van der Waals surface area contributed by atoms with Crippen molar-refractivity contribution in [1.82, 2.24) is 0 Å². The number of ether oxygens (including phenoxy) is 1. The molecule has 1 aromatic carbocycles. The van der Waals surface area contributed by atoms with Crippen molar-refractivity contribution in [2.24, 2.45) is 0 Å². The molecular formula is C12H13NO. The lowest BCUT2D eigenvalue weighted by atomic mass is 9.96. The number of nitriles is 1. The molecule has 0 heterocycles. The van der Waals surface area contributed by atoms with Crippen LogP contribution in [0, 0.1) is 18.3 Å². The third kappa shape index (κ3) is 1.26. The molecule has 2 rings (SSSR count). The standard InChI is InChI=1S/C12H13NO/c1-9-7-10(3-4-11(9)14-2)12(8-13)5-6-12/h3-4,7H,5-6H2,1-2H3. The van der Waals surface area contributed by atoms with Gasteiger partial charge in [0.25, 0.3) is 0 Å². The first-order chi connectivity index (χ1) is 6.72. The molecule has 0 aliphatic heterocycles. The maximum Gasteiger partial charge on any atom is 0.121 e. The fourth-order valence-electron chi connectivity index (χ4n) is 1.77. The summed E-state index contributed by atoms with van der Waals surface area (Å²) in [6.07, 6.45) is 1.99. The molecule has 0 spiro atoms. The third-order valence-corrected chi connectivity index (χ3v) is 2.91. The van der Waals surface area contributed by atoms with Crippen LogP contribution in [-0.4, -0.2) is 7.11 Å². The van der Waals surface area contributed by atoms with Gasteiger partial charge in [-0.3, -0.25) is 0 Å². The molecule has 0 aromatic heterocycles. The Hall–Kier alpha value is -1.49. The Bertz CT molecular complexity index is 399. The Morgan fingerprint density at radius 2 is 2.14 bits per heavy atom. The zero-order valence-electron chi connectivity index (χ0n) is 8.50. The lowest BCUT2D eigenvalue weighted by molar-refractivity contribution is 0.411. The summed E-state index contributed by atoms with van der Waals surface area (Å²) in [6, 6.07) is 8.41.